The van der Waals surface area contributed by atoms with Crippen LogP contribution in [0.3, 0.4) is 0 Å². The van der Waals surface area contributed by atoms with Crippen molar-refractivity contribution in [2.24, 2.45) is 0 Å². The predicted octanol–water partition coefficient (Wildman–Crippen LogP) is 1.94. The van der Waals surface area contributed by atoms with Crippen molar-refractivity contribution in [2.75, 3.05) is 6.54 Å². The molecule has 0 radical (unpaired) electrons. The summed E-state index contributed by atoms with van der Waals surface area (Å²) in [6, 6.07) is 8.02. The first kappa shape index (κ1) is 12.0. The summed E-state index contributed by atoms with van der Waals surface area (Å²) in [7, 11) is 0. The lowest BCUT2D eigenvalue weighted by molar-refractivity contribution is -0.122. The van der Waals surface area contributed by atoms with E-state index in [1.807, 2.05) is 24.3 Å². The average molecular weight is 230 g/mol. The zero-order valence-corrected chi connectivity index (χ0v) is 10.1. The van der Waals surface area contributed by atoms with E-state index in [1.165, 1.54) is 5.56 Å². The summed E-state index contributed by atoms with van der Waals surface area (Å²) in [4.78, 5) is 11.7. The van der Waals surface area contributed by atoms with Crippen molar-refractivity contribution in [1.29, 1.82) is 5.41 Å². The Bertz CT molecular complexity index is 418. The third-order valence-corrected chi connectivity index (χ3v) is 3.26. The molecule has 0 bridgehead atoms. The molecule has 1 heterocycles. The highest BCUT2D eigenvalue weighted by molar-refractivity contribution is 5.96. The second-order valence-electron chi connectivity index (χ2n) is 4.58. The van der Waals surface area contributed by atoms with Crippen LogP contribution in [-0.2, 0) is 11.2 Å². The maximum absolute atomic E-state index is 11.7. The summed E-state index contributed by atoms with van der Waals surface area (Å²) in [6.45, 7) is 2.75. The lowest BCUT2D eigenvalue weighted by Crippen LogP contribution is -2.48. The summed E-state index contributed by atoms with van der Waals surface area (Å²) < 4.78 is 0. The van der Waals surface area contributed by atoms with Crippen LogP contribution in [-0.4, -0.2) is 24.1 Å². The fourth-order valence-corrected chi connectivity index (χ4v) is 1.93. The van der Waals surface area contributed by atoms with Crippen LogP contribution < -0.4 is 5.32 Å². The van der Waals surface area contributed by atoms with E-state index in [0.717, 1.165) is 24.9 Å². The maximum atomic E-state index is 11.7. The van der Waals surface area contributed by atoms with Crippen molar-refractivity contribution >= 4 is 11.5 Å². The monoisotopic (exact) mass is 230 g/mol. The first-order valence-corrected chi connectivity index (χ1v) is 6.07. The smallest absolute Gasteiger partial charge is 0.150 e. The van der Waals surface area contributed by atoms with Gasteiger partial charge < -0.3 is 10.7 Å². The summed E-state index contributed by atoms with van der Waals surface area (Å²) >= 11 is 0. The number of carbonyl (C=O) groups is 1. The summed E-state index contributed by atoms with van der Waals surface area (Å²) in [5, 5.41) is 10.6. The van der Waals surface area contributed by atoms with Gasteiger partial charge in [0.25, 0.3) is 0 Å². The summed E-state index contributed by atoms with van der Waals surface area (Å²) in [6.07, 6.45) is 2.40. The number of carbonyl (C=O) groups excluding carboxylic acids is 1. The van der Waals surface area contributed by atoms with Crippen LogP contribution in [0.15, 0.2) is 24.3 Å². The third kappa shape index (κ3) is 3.01. The number of rotatable bonds is 5. The van der Waals surface area contributed by atoms with Gasteiger partial charge in [-0.15, -0.1) is 0 Å². The molecule has 1 atom stereocenters. The molecule has 1 fully saturated rings. The Hall–Kier alpha value is -1.48. The Labute approximate surface area is 102 Å². The molecule has 3 nitrogen and oxygen atoms in total. The van der Waals surface area contributed by atoms with Crippen LogP contribution in [0.2, 0.25) is 0 Å². The van der Waals surface area contributed by atoms with Gasteiger partial charge in [0.2, 0.25) is 0 Å². The molecule has 0 saturated carbocycles. The van der Waals surface area contributed by atoms with Gasteiger partial charge in [-0.25, -0.2) is 0 Å². The van der Waals surface area contributed by atoms with E-state index >= 15 is 0 Å². The molecule has 1 aromatic carbocycles. The molecule has 0 spiro atoms. The average Bonchev–Trinajstić information content (AvgIpc) is 2.24. The Morgan fingerprint density at radius 2 is 2.06 bits per heavy atom. The van der Waals surface area contributed by atoms with E-state index < -0.39 is 0 Å². The Morgan fingerprint density at radius 3 is 2.53 bits per heavy atom. The molecule has 3 heteroatoms. The zero-order chi connectivity index (χ0) is 12.3. The number of aryl methyl sites for hydroxylation is 1. The normalized spacial score (nSPS) is 18.5. The molecule has 0 amide bonds. The molecule has 1 aliphatic heterocycles. The van der Waals surface area contributed by atoms with Crippen LogP contribution >= 0.6 is 0 Å². The van der Waals surface area contributed by atoms with Crippen molar-refractivity contribution in [1.82, 2.24) is 5.32 Å². The minimum atomic E-state index is 0.109. The highest BCUT2D eigenvalue weighted by Crippen LogP contribution is 2.11. The number of Topliss-reactive ketones (excluding diaryl/α,β-unsaturated/α-hetero) is 1. The number of nitrogens with one attached hydrogen (secondary N) is 2. The van der Waals surface area contributed by atoms with Gasteiger partial charge in [0.15, 0.2) is 0 Å². The van der Waals surface area contributed by atoms with E-state index in [9.17, 15) is 4.79 Å². The van der Waals surface area contributed by atoms with Gasteiger partial charge in [0.1, 0.15) is 5.78 Å². The van der Waals surface area contributed by atoms with Crippen LogP contribution in [0.1, 0.15) is 30.9 Å². The van der Waals surface area contributed by atoms with E-state index in [-0.39, 0.29) is 6.04 Å². The quantitative estimate of drug-likeness (QED) is 0.759. The summed E-state index contributed by atoms with van der Waals surface area (Å²) in [5.41, 5.74) is 2.69. The molecule has 1 saturated heterocycles. The molecule has 2 N–H and O–H groups in total. The van der Waals surface area contributed by atoms with Gasteiger partial charge in [-0.3, -0.25) is 4.79 Å². The van der Waals surface area contributed by atoms with Gasteiger partial charge in [0.05, 0.1) is 6.04 Å². The largest absolute Gasteiger partial charge is 0.307 e. The minimum absolute atomic E-state index is 0.109. The second kappa shape index (κ2) is 5.23. The maximum Gasteiger partial charge on any atom is 0.150 e. The van der Waals surface area contributed by atoms with Crippen LogP contribution in [0.4, 0.5) is 0 Å². The van der Waals surface area contributed by atoms with E-state index in [4.69, 9.17) is 5.41 Å². The van der Waals surface area contributed by atoms with Gasteiger partial charge >= 0.3 is 0 Å². The highest BCUT2D eigenvalue weighted by Gasteiger charge is 2.23. The van der Waals surface area contributed by atoms with Crippen molar-refractivity contribution in [3.63, 3.8) is 0 Å². The van der Waals surface area contributed by atoms with E-state index in [1.54, 1.807) is 6.92 Å². The van der Waals surface area contributed by atoms with Crippen molar-refractivity contribution < 1.29 is 4.79 Å². The molecule has 0 aliphatic carbocycles. The molecule has 1 aliphatic rings. The Balaban J connectivity index is 1.86. The van der Waals surface area contributed by atoms with Crippen LogP contribution in [0.5, 0.6) is 0 Å². The molecular weight excluding hydrogens is 212 g/mol. The Morgan fingerprint density at radius 1 is 1.41 bits per heavy atom. The molecule has 90 valence electrons. The highest BCUT2D eigenvalue weighted by atomic mass is 16.1. The lowest BCUT2D eigenvalue weighted by atomic mass is 9.96. The predicted molar refractivity (Wildman–Crippen MR) is 68.7 cm³/mol. The number of hydrogen-bond acceptors (Lipinski definition) is 3. The van der Waals surface area contributed by atoms with Crippen molar-refractivity contribution in [3.8, 4) is 0 Å². The first-order chi connectivity index (χ1) is 8.16. The second-order valence-corrected chi connectivity index (χ2v) is 4.58. The standard InChI is InChI=1S/C14H18N2O/c1-10(15)12-5-2-11(3-6-12)4-7-14(17)13-8-9-16-13/h2-3,5-6,13,15-16H,4,7-9H2,1H3/t13-/m0/s1. The molecule has 17 heavy (non-hydrogen) atoms. The van der Waals surface area contributed by atoms with Gasteiger partial charge in [-0.05, 0) is 37.4 Å². The van der Waals surface area contributed by atoms with Gasteiger partial charge in [-0.1, -0.05) is 24.3 Å². The SMILES string of the molecule is CC(=N)c1ccc(CCC(=O)[C@@H]2CCN2)cc1. The van der Waals surface area contributed by atoms with E-state index in [0.29, 0.717) is 17.9 Å². The number of benzene rings is 1. The third-order valence-electron chi connectivity index (χ3n) is 3.26. The van der Waals surface area contributed by atoms with Crippen molar-refractivity contribution in [3.05, 3.63) is 35.4 Å². The first-order valence-electron chi connectivity index (χ1n) is 6.07. The fraction of sp³-hybridized carbons (Fsp3) is 0.429. The van der Waals surface area contributed by atoms with Gasteiger partial charge in [0, 0.05) is 12.1 Å². The summed E-state index contributed by atoms with van der Waals surface area (Å²) in [5.74, 6) is 0.323. The molecular formula is C14H18N2O. The van der Waals surface area contributed by atoms with E-state index in [2.05, 4.69) is 5.32 Å². The molecule has 2 rings (SSSR count). The fourth-order valence-electron chi connectivity index (χ4n) is 1.93. The molecule has 0 unspecified atom stereocenters. The number of ketones is 1. The molecule has 0 aromatic heterocycles. The minimum Gasteiger partial charge on any atom is -0.307 e. The van der Waals surface area contributed by atoms with Crippen LogP contribution in [0, 0.1) is 5.41 Å². The number of hydrogen-bond donors (Lipinski definition) is 2. The van der Waals surface area contributed by atoms with Gasteiger partial charge in [-0.2, -0.15) is 0 Å². The molecule has 1 aromatic rings. The lowest BCUT2D eigenvalue weighted by Gasteiger charge is -2.26. The van der Waals surface area contributed by atoms with Crippen LogP contribution in [0.25, 0.3) is 0 Å². The topological polar surface area (TPSA) is 53.0 Å². The Kier molecular flexibility index (Phi) is 3.69. The zero-order valence-electron chi connectivity index (χ0n) is 10.1. The van der Waals surface area contributed by atoms with Crippen molar-refractivity contribution in [2.45, 2.75) is 32.2 Å².